The summed E-state index contributed by atoms with van der Waals surface area (Å²) in [6.07, 6.45) is -2.27. The highest BCUT2D eigenvalue weighted by atomic mass is 79.9. The van der Waals surface area contributed by atoms with Crippen LogP contribution in [0.4, 0.5) is 18.9 Å². The summed E-state index contributed by atoms with van der Waals surface area (Å²) >= 11 is 3.17. The molecule has 0 aromatic heterocycles. The maximum Gasteiger partial charge on any atom is 0.416 e. The van der Waals surface area contributed by atoms with Crippen molar-refractivity contribution in [1.29, 1.82) is 0 Å². The Hall–Kier alpha value is -0.750. The molecule has 106 valence electrons. The Labute approximate surface area is 118 Å². The van der Waals surface area contributed by atoms with Gasteiger partial charge in [0.05, 0.1) is 5.56 Å². The monoisotopic (exact) mass is 337 g/mol. The van der Waals surface area contributed by atoms with Crippen molar-refractivity contribution in [3.05, 3.63) is 28.2 Å². The Balaban J connectivity index is 1.90. The molecule has 1 aliphatic rings. The van der Waals surface area contributed by atoms with E-state index in [2.05, 4.69) is 21.2 Å². The van der Waals surface area contributed by atoms with Gasteiger partial charge in [0, 0.05) is 29.9 Å². The molecule has 1 fully saturated rings. The molecule has 0 bridgehead atoms. The van der Waals surface area contributed by atoms with Crippen LogP contribution in [0, 0.1) is 5.92 Å². The van der Waals surface area contributed by atoms with Crippen molar-refractivity contribution in [2.24, 2.45) is 5.92 Å². The number of hydrogen-bond donors (Lipinski definition) is 1. The third-order valence-electron chi connectivity index (χ3n) is 3.19. The van der Waals surface area contributed by atoms with Crippen LogP contribution >= 0.6 is 15.9 Å². The van der Waals surface area contributed by atoms with E-state index in [-0.39, 0.29) is 0 Å². The molecule has 1 aliphatic heterocycles. The van der Waals surface area contributed by atoms with E-state index >= 15 is 0 Å². The van der Waals surface area contributed by atoms with Gasteiger partial charge in [-0.15, -0.1) is 0 Å². The lowest BCUT2D eigenvalue weighted by molar-refractivity contribution is -0.137. The first-order valence-electron chi connectivity index (χ1n) is 6.15. The molecule has 1 aromatic rings. The summed E-state index contributed by atoms with van der Waals surface area (Å²) in [5.41, 5.74) is 0.0426. The molecular formula is C13H15BrF3NO. The molecule has 19 heavy (non-hydrogen) atoms. The summed E-state index contributed by atoms with van der Waals surface area (Å²) in [6.45, 7) is 2.34. The maximum absolute atomic E-state index is 12.5. The third-order valence-corrected chi connectivity index (χ3v) is 3.84. The van der Waals surface area contributed by atoms with Crippen LogP contribution < -0.4 is 5.32 Å². The standard InChI is InChI=1S/C13H15BrF3NO/c14-11-7-10(13(15,16)17)1-2-12(11)18-5-3-9-4-6-19-8-9/h1-2,7,9,18H,3-6,8H2. The van der Waals surface area contributed by atoms with Crippen LogP contribution in [0.25, 0.3) is 0 Å². The van der Waals surface area contributed by atoms with Crippen LogP contribution in [0.3, 0.4) is 0 Å². The third kappa shape index (κ3) is 4.11. The van der Waals surface area contributed by atoms with Crippen LogP contribution in [-0.2, 0) is 10.9 Å². The maximum atomic E-state index is 12.5. The molecule has 0 spiro atoms. The lowest BCUT2D eigenvalue weighted by atomic mass is 10.1. The molecule has 1 saturated heterocycles. The predicted octanol–water partition coefficient (Wildman–Crippen LogP) is 4.31. The second-order valence-corrected chi connectivity index (χ2v) is 5.49. The highest BCUT2D eigenvalue weighted by Crippen LogP contribution is 2.34. The van der Waals surface area contributed by atoms with E-state index in [4.69, 9.17) is 4.74 Å². The van der Waals surface area contributed by atoms with E-state index in [1.54, 1.807) is 0 Å². The van der Waals surface area contributed by atoms with Crippen molar-refractivity contribution in [2.75, 3.05) is 25.1 Å². The zero-order valence-electron chi connectivity index (χ0n) is 10.3. The van der Waals surface area contributed by atoms with Crippen LogP contribution in [0.2, 0.25) is 0 Å². The number of ether oxygens (including phenoxy) is 1. The number of halogens is 4. The second-order valence-electron chi connectivity index (χ2n) is 4.64. The van der Waals surface area contributed by atoms with E-state index in [1.165, 1.54) is 6.07 Å². The molecule has 1 aromatic carbocycles. The predicted molar refractivity (Wildman–Crippen MR) is 71.2 cm³/mol. The molecule has 1 N–H and O–H groups in total. The first kappa shape index (κ1) is 14.7. The van der Waals surface area contributed by atoms with Crippen molar-refractivity contribution < 1.29 is 17.9 Å². The second kappa shape index (κ2) is 6.13. The molecule has 0 amide bonds. The molecule has 1 atom stereocenters. The lowest BCUT2D eigenvalue weighted by Crippen LogP contribution is -2.10. The van der Waals surface area contributed by atoms with Gasteiger partial charge in [-0.1, -0.05) is 0 Å². The molecule has 2 nitrogen and oxygen atoms in total. The van der Waals surface area contributed by atoms with Gasteiger partial charge in [-0.25, -0.2) is 0 Å². The zero-order chi connectivity index (χ0) is 13.9. The quantitative estimate of drug-likeness (QED) is 0.884. The summed E-state index contributed by atoms with van der Waals surface area (Å²) in [6, 6.07) is 3.64. The molecule has 1 heterocycles. The van der Waals surface area contributed by atoms with Gasteiger partial charge in [-0.3, -0.25) is 0 Å². The van der Waals surface area contributed by atoms with Crippen molar-refractivity contribution in [3.8, 4) is 0 Å². The smallest absolute Gasteiger partial charge is 0.384 e. The van der Waals surface area contributed by atoms with Crippen molar-refractivity contribution in [2.45, 2.75) is 19.0 Å². The Morgan fingerprint density at radius 2 is 2.16 bits per heavy atom. The normalized spacial score (nSPS) is 19.7. The summed E-state index contributed by atoms with van der Waals surface area (Å²) in [7, 11) is 0. The number of benzene rings is 1. The minimum absolute atomic E-state index is 0.435. The fourth-order valence-electron chi connectivity index (χ4n) is 2.06. The molecule has 1 unspecified atom stereocenters. The number of rotatable bonds is 4. The summed E-state index contributed by atoms with van der Waals surface area (Å²) in [4.78, 5) is 0. The summed E-state index contributed by atoms with van der Waals surface area (Å²) < 4.78 is 43.2. The highest BCUT2D eigenvalue weighted by molar-refractivity contribution is 9.10. The Bertz CT molecular complexity index is 430. The lowest BCUT2D eigenvalue weighted by Gasteiger charge is -2.13. The van der Waals surface area contributed by atoms with E-state index < -0.39 is 11.7 Å². The number of alkyl halides is 3. The molecule has 0 aliphatic carbocycles. The zero-order valence-corrected chi connectivity index (χ0v) is 11.9. The van der Waals surface area contributed by atoms with Crippen molar-refractivity contribution in [1.82, 2.24) is 0 Å². The average Bonchev–Trinajstić information content (AvgIpc) is 2.83. The Morgan fingerprint density at radius 1 is 1.37 bits per heavy atom. The van der Waals surface area contributed by atoms with Gasteiger partial charge in [0.2, 0.25) is 0 Å². The van der Waals surface area contributed by atoms with Gasteiger partial charge >= 0.3 is 6.18 Å². The van der Waals surface area contributed by atoms with E-state index in [9.17, 15) is 13.2 Å². The topological polar surface area (TPSA) is 21.3 Å². The summed E-state index contributed by atoms with van der Waals surface area (Å²) in [5.74, 6) is 0.556. The SMILES string of the molecule is FC(F)(F)c1ccc(NCCC2CCOC2)c(Br)c1. The van der Waals surface area contributed by atoms with Gasteiger partial charge in [-0.05, 0) is 52.9 Å². The Kier molecular flexibility index (Phi) is 4.73. The summed E-state index contributed by atoms with van der Waals surface area (Å²) in [5, 5.41) is 3.15. The first-order valence-corrected chi connectivity index (χ1v) is 6.94. The van der Waals surface area contributed by atoms with Crippen molar-refractivity contribution >= 4 is 21.6 Å². The Morgan fingerprint density at radius 3 is 2.74 bits per heavy atom. The van der Waals surface area contributed by atoms with E-state index in [1.807, 2.05) is 0 Å². The van der Waals surface area contributed by atoms with Gasteiger partial charge < -0.3 is 10.1 Å². The molecule has 0 saturated carbocycles. The van der Waals surface area contributed by atoms with Crippen LogP contribution in [-0.4, -0.2) is 19.8 Å². The molecule has 6 heteroatoms. The molecular weight excluding hydrogens is 323 g/mol. The number of anilines is 1. The van der Waals surface area contributed by atoms with Gasteiger partial charge in [0.1, 0.15) is 0 Å². The average molecular weight is 338 g/mol. The van der Waals surface area contributed by atoms with Gasteiger partial charge in [-0.2, -0.15) is 13.2 Å². The number of nitrogens with one attached hydrogen (secondary N) is 1. The largest absolute Gasteiger partial charge is 0.416 e. The first-order chi connectivity index (χ1) is 8.97. The van der Waals surface area contributed by atoms with Gasteiger partial charge in [0.15, 0.2) is 0 Å². The fourth-order valence-corrected chi connectivity index (χ4v) is 2.58. The van der Waals surface area contributed by atoms with Crippen LogP contribution in [0.15, 0.2) is 22.7 Å². The fraction of sp³-hybridized carbons (Fsp3) is 0.538. The van der Waals surface area contributed by atoms with E-state index in [0.29, 0.717) is 16.1 Å². The van der Waals surface area contributed by atoms with Crippen LogP contribution in [0.1, 0.15) is 18.4 Å². The highest BCUT2D eigenvalue weighted by Gasteiger charge is 2.30. The molecule has 2 rings (SSSR count). The number of hydrogen-bond acceptors (Lipinski definition) is 2. The minimum Gasteiger partial charge on any atom is -0.384 e. The molecule has 0 radical (unpaired) electrons. The minimum atomic E-state index is -4.30. The van der Waals surface area contributed by atoms with Crippen LogP contribution in [0.5, 0.6) is 0 Å². The van der Waals surface area contributed by atoms with E-state index in [0.717, 1.165) is 44.7 Å². The van der Waals surface area contributed by atoms with Gasteiger partial charge in [0.25, 0.3) is 0 Å². The van der Waals surface area contributed by atoms with Crippen molar-refractivity contribution in [3.63, 3.8) is 0 Å².